The monoisotopic (exact) mass is 375 g/mol. The molecule has 152 valence electrons. The van der Waals surface area contributed by atoms with Crippen molar-refractivity contribution in [2.24, 2.45) is 0 Å². The first-order chi connectivity index (χ1) is 12.8. The van der Waals surface area contributed by atoms with E-state index >= 15 is 0 Å². The maximum atomic E-state index is 10.8. The number of ether oxygens (including phenoxy) is 6. The zero-order valence-corrected chi connectivity index (χ0v) is 15.6. The highest BCUT2D eigenvalue weighted by Gasteiger charge is 2.12. The zero-order valence-electron chi connectivity index (χ0n) is 15.6. The van der Waals surface area contributed by atoms with Crippen molar-refractivity contribution in [1.82, 2.24) is 5.32 Å². The van der Waals surface area contributed by atoms with Crippen LogP contribution in [-0.2, 0) is 33.2 Å². The van der Waals surface area contributed by atoms with Crippen molar-refractivity contribution in [2.45, 2.75) is 18.9 Å². The summed E-state index contributed by atoms with van der Waals surface area (Å²) in [6, 6.07) is 0. The minimum atomic E-state index is -0.444. The van der Waals surface area contributed by atoms with Crippen molar-refractivity contribution in [3.8, 4) is 0 Å². The van der Waals surface area contributed by atoms with Crippen LogP contribution < -0.4 is 5.32 Å². The number of rotatable bonds is 17. The van der Waals surface area contributed by atoms with Crippen molar-refractivity contribution < 1.29 is 33.2 Å². The number of esters is 1. The molecule has 8 heteroatoms. The number of carbonyl (C=O) groups excluding carboxylic acids is 1. The second-order valence-corrected chi connectivity index (χ2v) is 5.64. The minimum Gasteiger partial charge on any atom is -0.460 e. The van der Waals surface area contributed by atoms with E-state index in [9.17, 15) is 4.79 Å². The lowest BCUT2D eigenvalue weighted by atomic mass is 10.1. The highest BCUT2D eigenvalue weighted by Crippen LogP contribution is 2.06. The van der Waals surface area contributed by atoms with E-state index in [1.165, 1.54) is 0 Å². The normalized spacial score (nSPS) is 15.1. The fourth-order valence-electron chi connectivity index (χ4n) is 2.26. The van der Waals surface area contributed by atoms with Crippen LogP contribution in [0.1, 0.15) is 12.8 Å². The topological polar surface area (TPSA) is 84.5 Å². The van der Waals surface area contributed by atoms with Crippen LogP contribution in [0.15, 0.2) is 12.7 Å². The largest absolute Gasteiger partial charge is 0.460 e. The van der Waals surface area contributed by atoms with Crippen LogP contribution in [0.5, 0.6) is 0 Å². The maximum Gasteiger partial charge on any atom is 0.330 e. The summed E-state index contributed by atoms with van der Waals surface area (Å²) in [5.74, 6) is -0.444. The van der Waals surface area contributed by atoms with E-state index in [0.29, 0.717) is 65.6 Å². The maximum absolute atomic E-state index is 10.8. The summed E-state index contributed by atoms with van der Waals surface area (Å²) in [6.45, 7) is 10.2. The van der Waals surface area contributed by atoms with Gasteiger partial charge in [0.25, 0.3) is 0 Å². The molecule has 26 heavy (non-hydrogen) atoms. The molecule has 0 aromatic carbocycles. The smallest absolute Gasteiger partial charge is 0.330 e. The molecular weight excluding hydrogens is 342 g/mol. The number of nitrogens with one attached hydrogen (secondary N) is 1. The van der Waals surface area contributed by atoms with Gasteiger partial charge in [0.15, 0.2) is 0 Å². The molecule has 0 spiro atoms. The van der Waals surface area contributed by atoms with Gasteiger partial charge < -0.3 is 33.7 Å². The predicted octanol–water partition coefficient (Wildman–Crippen LogP) is 0.551. The molecule has 1 N–H and O–H groups in total. The lowest BCUT2D eigenvalue weighted by molar-refractivity contribution is -0.139. The molecule has 0 aromatic heterocycles. The molecule has 0 unspecified atom stereocenters. The first-order valence-electron chi connectivity index (χ1n) is 9.25. The third kappa shape index (κ3) is 14.2. The van der Waals surface area contributed by atoms with E-state index in [4.69, 9.17) is 28.4 Å². The Labute approximate surface area is 156 Å². The van der Waals surface area contributed by atoms with Crippen LogP contribution in [-0.4, -0.2) is 91.2 Å². The fraction of sp³-hybridized carbons (Fsp3) is 0.833. The van der Waals surface area contributed by atoms with Gasteiger partial charge in [-0.2, -0.15) is 0 Å². The Bertz CT molecular complexity index is 348. The van der Waals surface area contributed by atoms with Gasteiger partial charge in [0.2, 0.25) is 0 Å². The van der Waals surface area contributed by atoms with E-state index < -0.39 is 5.97 Å². The fourth-order valence-corrected chi connectivity index (χ4v) is 2.26. The number of hydrogen-bond donors (Lipinski definition) is 1. The van der Waals surface area contributed by atoms with Crippen molar-refractivity contribution >= 4 is 5.97 Å². The Morgan fingerprint density at radius 3 is 1.77 bits per heavy atom. The molecule has 0 aromatic rings. The van der Waals surface area contributed by atoms with Gasteiger partial charge in [0.1, 0.15) is 6.61 Å². The molecule has 0 atom stereocenters. The van der Waals surface area contributed by atoms with Crippen molar-refractivity contribution in [2.75, 3.05) is 79.2 Å². The van der Waals surface area contributed by atoms with Crippen LogP contribution in [0, 0.1) is 0 Å². The molecule has 0 radical (unpaired) electrons. The van der Waals surface area contributed by atoms with Crippen LogP contribution in [0.3, 0.4) is 0 Å². The Morgan fingerprint density at radius 1 is 0.808 bits per heavy atom. The Balaban J connectivity index is 1.68. The molecule has 8 nitrogen and oxygen atoms in total. The first kappa shape index (κ1) is 23.0. The summed E-state index contributed by atoms with van der Waals surface area (Å²) in [4.78, 5) is 10.8. The second kappa shape index (κ2) is 17.4. The molecule has 1 heterocycles. The molecule has 0 bridgehead atoms. The van der Waals surface area contributed by atoms with Crippen molar-refractivity contribution in [1.29, 1.82) is 0 Å². The lowest BCUT2D eigenvalue weighted by Gasteiger charge is -2.22. The quantitative estimate of drug-likeness (QED) is 0.224. The van der Waals surface area contributed by atoms with Crippen LogP contribution in [0.25, 0.3) is 0 Å². The summed E-state index contributed by atoms with van der Waals surface area (Å²) in [7, 11) is 0. The highest BCUT2D eigenvalue weighted by atomic mass is 16.6. The summed E-state index contributed by atoms with van der Waals surface area (Å²) in [6.07, 6.45) is 3.66. The summed E-state index contributed by atoms with van der Waals surface area (Å²) < 4.78 is 32.0. The number of carbonyl (C=O) groups is 1. The molecule has 1 aliphatic rings. The van der Waals surface area contributed by atoms with Gasteiger partial charge in [-0.1, -0.05) is 6.58 Å². The molecule has 1 saturated heterocycles. The lowest BCUT2D eigenvalue weighted by Crippen LogP contribution is -2.33. The minimum absolute atomic E-state index is 0.219. The third-order valence-corrected chi connectivity index (χ3v) is 3.62. The predicted molar refractivity (Wildman–Crippen MR) is 96.3 cm³/mol. The average molecular weight is 375 g/mol. The molecule has 1 rings (SSSR count). The van der Waals surface area contributed by atoms with E-state index in [0.717, 1.165) is 32.0 Å². The van der Waals surface area contributed by atoms with Crippen LogP contribution in [0.2, 0.25) is 0 Å². The van der Waals surface area contributed by atoms with Gasteiger partial charge in [0.05, 0.1) is 65.6 Å². The molecular formula is C18H33NO7. The second-order valence-electron chi connectivity index (χ2n) is 5.64. The highest BCUT2D eigenvalue weighted by molar-refractivity contribution is 5.81. The average Bonchev–Trinajstić information content (AvgIpc) is 2.68. The Kier molecular flexibility index (Phi) is 15.4. The van der Waals surface area contributed by atoms with E-state index in [1.807, 2.05) is 0 Å². The number of hydrogen-bond acceptors (Lipinski definition) is 8. The molecule has 0 saturated carbocycles. The molecule has 1 fully saturated rings. The van der Waals surface area contributed by atoms with Crippen LogP contribution in [0.4, 0.5) is 0 Å². The SMILES string of the molecule is C=CC(=O)OCCOCCOCCOCCOCCOC1CCNCC1. The van der Waals surface area contributed by atoms with Crippen molar-refractivity contribution in [3.63, 3.8) is 0 Å². The van der Waals surface area contributed by atoms with Gasteiger partial charge in [-0.05, 0) is 25.9 Å². The first-order valence-corrected chi connectivity index (χ1v) is 9.25. The van der Waals surface area contributed by atoms with Gasteiger partial charge >= 0.3 is 5.97 Å². The van der Waals surface area contributed by atoms with Gasteiger partial charge in [0, 0.05) is 6.08 Å². The van der Waals surface area contributed by atoms with Crippen molar-refractivity contribution in [3.05, 3.63) is 12.7 Å². The van der Waals surface area contributed by atoms with Gasteiger partial charge in [-0.15, -0.1) is 0 Å². The summed E-state index contributed by atoms with van der Waals surface area (Å²) >= 11 is 0. The van der Waals surface area contributed by atoms with Gasteiger partial charge in [-0.25, -0.2) is 4.79 Å². The third-order valence-electron chi connectivity index (χ3n) is 3.62. The standard InChI is InChI=1S/C18H33NO7/c1-2-18(20)26-16-14-24-12-10-22-8-7-21-9-11-23-13-15-25-17-3-5-19-6-4-17/h2,17,19H,1,3-16H2. The summed E-state index contributed by atoms with van der Waals surface area (Å²) in [5, 5.41) is 3.31. The van der Waals surface area contributed by atoms with E-state index in [-0.39, 0.29) is 6.61 Å². The Hall–Kier alpha value is -1.03. The van der Waals surface area contributed by atoms with E-state index in [1.54, 1.807) is 0 Å². The number of piperidine rings is 1. The molecule has 0 amide bonds. The summed E-state index contributed by atoms with van der Waals surface area (Å²) in [5.41, 5.74) is 0. The zero-order chi connectivity index (χ0) is 18.7. The van der Waals surface area contributed by atoms with Gasteiger partial charge in [-0.3, -0.25) is 0 Å². The van der Waals surface area contributed by atoms with Crippen LogP contribution >= 0.6 is 0 Å². The van der Waals surface area contributed by atoms with E-state index in [2.05, 4.69) is 11.9 Å². The molecule has 0 aliphatic carbocycles. The molecule has 1 aliphatic heterocycles. The Morgan fingerprint density at radius 2 is 1.27 bits per heavy atom.